The molecule has 94 valence electrons. The number of amidine groups is 1. The van der Waals surface area contributed by atoms with Crippen LogP contribution in [-0.2, 0) is 0 Å². The lowest BCUT2D eigenvalue weighted by molar-refractivity contribution is 0.316. The number of hydrogen-bond acceptors (Lipinski definition) is 3. The van der Waals surface area contributed by atoms with Gasteiger partial charge in [0.2, 0.25) is 0 Å². The first kappa shape index (κ1) is 14.3. The summed E-state index contributed by atoms with van der Waals surface area (Å²) in [6.07, 6.45) is 0.475. The Morgan fingerprint density at radius 2 is 2.00 bits per heavy atom. The lowest BCUT2D eigenvalue weighted by Crippen LogP contribution is -2.24. The van der Waals surface area contributed by atoms with Gasteiger partial charge < -0.3 is 16.3 Å². The second kappa shape index (κ2) is 6.26. The summed E-state index contributed by atoms with van der Waals surface area (Å²) >= 11 is 7.01. The molecule has 1 aromatic rings. The van der Waals surface area contributed by atoms with Gasteiger partial charge in [-0.1, -0.05) is 5.16 Å². The molecule has 0 aliphatic rings. The molecule has 4 nitrogen and oxygen atoms in total. The number of benzene rings is 1. The first-order valence-corrected chi connectivity index (χ1v) is 6.71. The molecule has 17 heavy (non-hydrogen) atoms. The molecule has 0 aromatic heterocycles. The number of nitrogens with one attached hydrogen (secondary N) is 1. The summed E-state index contributed by atoms with van der Waals surface area (Å²) in [4.78, 5) is 0. The van der Waals surface area contributed by atoms with E-state index in [0.29, 0.717) is 6.42 Å². The van der Waals surface area contributed by atoms with Gasteiger partial charge >= 0.3 is 0 Å². The Hall–Kier alpha value is -0.750. The highest BCUT2D eigenvalue weighted by atomic mass is 79.9. The van der Waals surface area contributed by atoms with Crippen molar-refractivity contribution in [2.45, 2.75) is 26.3 Å². The van der Waals surface area contributed by atoms with Crippen LogP contribution in [0.3, 0.4) is 0 Å². The van der Waals surface area contributed by atoms with Crippen LogP contribution >= 0.6 is 31.9 Å². The summed E-state index contributed by atoms with van der Waals surface area (Å²) < 4.78 is 1.96. The van der Waals surface area contributed by atoms with Crippen molar-refractivity contribution in [1.29, 1.82) is 0 Å². The minimum absolute atomic E-state index is 0.0706. The summed E-state index contributed by atoms with van der Waals surface area (Å²) in [5.41, 5.74) is 7.60. The molecule has 0 aliphatic carbocycles. The SMILES string of the molecule is Cc1cc(Br)c(NC(C)C/C(N)=N/O)c(Br)c1. The number of nitrogens with two attached hydrogens (primary N) is 1. The van der Waals surface area contributed by atoms with Crippen LogP contribution in [0.2, 0.25) is 0 Å². The molecule has 0 amide bonds. The highest BCUT2D eigenvalue weighted by Gasteiger charge is 2.10. The second-order valence-electron chi connectivity index (χ2n) is 3.94. The summed E-state index contributed by atoms with van der Waals surface area (Å²) in [7, 11) is 0. The van der Waals surface area contributed by atoms with Crippen molar-refractivity contribution in [2.24, 2.45) is 10.9 Å². The van der Waals surface area contributed by atoms with Gasteiger partial charge in [0.15, 0.2) is 0 Å². The predicted molar refractivity (Wildman–Crippen MR) is 77.7 cm³/mol. The molecule has 4 N–H and O–H groups in total. The van der Waals surface area contributed by atoms with E-state index in [9.17, 15) is 0 Å². The van der Waals surface area contributed by atoms with Crippen LogP contribution in [0.15, 0.2) is 26.2 Å². The van der Waals surface area contributed by atoms with Crippen molar-refractivity contribution < 1.29 is 5.21 Å². The van der Waals surface area contributed by atoms with Gasteiger partial charge in [0.1, 0.15) is 5.84 Å². The summed E-state index contributed by atoms with van der Waals surface area (Å²) in [5, 5.41) is 14.8. The third-order valence-electron chi connectivity index (χ3n) is 2.22. The molecular weight excluding hydrogens is 350 g/mol. The monoisotopic (exact) mass is 363 g/mol. The Labute approximate surface area is 118 Å². The molecule has 1 rings (SSSR count). The van der Waals surface area contributed by atoms with Crippen molar-refractivity contribution in [3.05, 3.63) is 26.6 Å². The molecule has 0 saturated heterocycles. The fourth-order valence-corrected chi connectivity index (χ4v) is 3.13. The average Bonchev–Trinajstić information content (AvgIpc) is 2.23. The van der Waals surface area contributed by atoms with E-state index in [0.717, 1.165) is 14.6 Å². The Morgan fingerprint density at radius 1 is 1.47 bits per heavy atom. The van der Waals surface area contributed by atoms with Gasteiger partial charge in [-0.15, -0.1) is 0 Å². The summed E-state index contributed by atoms with van der Waals surface area (Å²) in [5.74, 6) is 0.212. The van der Waals surface area contributed by atoms with Gasteiger partial charge in [0.25, 0.3) is 0 Å². The largest absolute Gasteiger partial charge is 0.409 e. The maximum absolute atomic E-state index is 8.51. The number of oxime groups is 1. The van der Waals surface area contributed by atoms with Gasteiger partial charge in [-0.3, -0.25) is 0 Å². The maximum atomic E-state index is 8.51. The van der Waals surface area contributed by atoms with Crippen LogP contribution in [0.5, 0.6) is 0 Å². The molecule has 0 saturated carbocycles. The van der Waals surface area contributed by atoms with Crippen LogP contribution in [0.25, 0.3) is 0 Å². The van der Waals surface area contributed by atoms with Crippen molar-refractivity contribution >= 4 is 43.4 Å². The third-order valence-corrected chi connectivity index (χ3v) is 3.47. The number of nitrogens with zero attached hydrogens (tertiary/aromatic N) is 1. The lowest BCUT2D eigenvalue weighted by atomic mass is 10.2. The van der Waals surface area contributed by atoms with Crippen molar-refractivity contribution in [3.8, 4) is 0 Å². The lowest BCUT2D eigenvalue weighted by Gasteiger charge is -2.17. The molecule has 1 aromatic carbocycles. The van der Waals surface area contributed by atoms with E-state index in [1.165, 1.54) is 5.56 Å². The van der Waals surface area contributed by atoms with E-state index in [-0.39, 0.29) is 11.9 Å². The van der Waals surface area contributed by atoms with Crippen LogP contribution < -0.4 is 11.1 Å². The molecule has 0 heterocycles. The summed E-state index contributed by atoms with van der Waals surface area (Å²) in [6, 6.07) is 4.13. The van der Waals surface area contributed by atoms with Crippen LogP contribution in [-0.4, -0.2) is 17.1 Å². The molecule has 0 bridgehead atoms. The van der Waals surface area contributed by atoms with E-state index in [2.05, 4.69) is 42.3 Å². The molecule has 0 spiro atoms. The highest BCUT2D eigenvalue weighted by Crippen LogP contribution is 2.32. The topological polar surface area (TPSA) is 70.6 Å². The maximum Gasteiger partial charge on any atom is 0.141 e. The predicted octanol–water partition coefficient (Wildman–Crippen LogP) is 3.46. The van der Waals surface area contributed by atoms with E-state index >= 15 is 0 Å². The zero-order valence-electron chi connectivity index (χ0n) is 9.67. The quantitative estimate of drug-likeness (QED) is 0.331. The van der Waals surface area contributed by atoms with E-state index in [1.54, 1.807) is 0 Å². The zero-order chi connectivity index (χ0) is 13.0. The highest BCUT2D eigenvalue weighted by molar-refractivity contribution is 9.11. The second-order valence-corrected chi connectivity index (χ2v) is 5.65. The Bertz CT molecular complexity index is 412. The van der Waals surface area contributed by atoms with E-state index in [1.807, 2.05) is 26.0 Å². The minimum atomic E-state index is 0.0706. The van der Waals surface area contributed by atoms with Crippen LogP contribution in [0, 0.1) is 6.92 Å². The third kappa shape index (κ3) is 4.20. The van der Waals surface area contributed by atoms with Crippen molar-refractivity contribution in [2.75, 3.05) is 5.32 Å². The molecule has 0 fully saturated rings. The van der Waals surface area contributed by atoms with Gasteiger partial charge in [-0.05, 0) is 63.4 Å². The molecule has 1 unspecified atom stereocenters. The van der Waals surface area contributed by atoms with Gasteiger partial charge in [0, 0.05) is 21.4 Å². The molecule has 0 radical (unpaired) electrons. The number of anilines is 1. The van der Waals surface area contributed by atoms with Crippen molar-refractivity contribution in [3.63, 3.8) is 0 Å². The van der Waals surface area contributed by atoms with E-state index in [4.69, 9.17) is 10.9 Å². The van der Waals surface area contributed by atoms with Crippen LogP contribution in [0.4, 0.5) is 5.69 Å². The fourth-order valence-electron chi connectivity index (χ4n) is 1.49. The fraction of sp³-hybridized carbons (Fsp3) is 0.364. The molecule has 0 aliphatic heterocycles. The first-order chi connectivity index (χ1) is 7.93. The van der Waals surface area contributed by atoms with Crippen LogP contribution in [0.1, 0.15) is 18.9 Å². The number of aryl methyl sites for hydroxylation is 1. The first-order valence-electron chi connectivity index (χ1n) is 5.12. The zero-order valence-corrected chi connectivity index (χ0v) is 12.8. The Morgan fingerprint density at radius 3 is 2.47 bits per heavy atom. The average molecular weight is 365 g/mol. The smallest absolute Gasteiger partial charge is 0.141 e. The number of halogens is 2. The standard InChI is InChI=1S/C11H15Br2N3O/c1-6-3-8(12)11(9(13)4-6)15-7(2)5-10(14)16-17/h3-4,7,15,17H,5H2,1-2H3,(H2,14,16). The van der Waals surface area contributed by atoms with Gasteiger partial charge in [0.05, 0.1) is 5.69 Å². The van der Waals surface area contributed by atoms with Gasteiger partial charge in [-0.2, -0.15) is 0 Å². The molecule has 1 atom stereocenters. The Balaban J connectivity index is 2.81. The van der Waals surface area contributed by atoms with Gasteiger partial charge in [-0.25, -0.2) is 0 Å². The number of hydrogen-bond donors (Lipinski definition) is 3. The summed E-state index contributed by atoms with van der Waals surface area (Å²) in [6.45, 7) is 4.00. The molecular formula is C11H15Br2N3O. The van der Waals surface area contributed by atoms with E-state index < -0.39 is 0 Å². The molecule has 6 heteroatoms. The minimum Gasteiger partial charge on any atom is -0.409 e. The number of rotatable bonds is 4. The Kier molecular flexibility index (Phi) is 5.27. The normalized spacial score (nSPS) is 13.5. The van der Waals surface area contributed by atoms with Crippen molar-refractivity contribution in [1.82, 2.24) is 0 Å².